The van der Waals surface area contributed by atoms with Crippen LogP contribution in [0.2, 0.25) is 0 Å². The Bertz CT molecular complexity index is 886. The fraction of sp³-hybridized carbons (Fsp3) is 0.211. The van der Waals surface area contributed by atoms with E-state index in [1.54, 1.807) is 21.8 Å². The summed E-state index contributed by atoms with van der Waals surface area (Å²) in [7, 11) is 0. The number of aromatic nitrogens is 2. The first-order valence-corrected chi connectivity index (χ1v) is 8.46. The van der Waals surface area contributed by atoms with Crippen molar-refractivity contribution in [1.29, 1.82) is 0 Å². The zero-order valence-electron chi connectivity index (χ0n) is 14.0. The Labute approximate surface area is 150 Å². The van der Waals surface area contributed by atoms with Gasteiger partial charge in [0.25, 0.3) is 5.91 Å². The van der Waals surface area contributed by atoms with Crippen LogP contribution in [0, 0.1) is 0 Å². The SMILES string of the molecule is O=C(Nc1ccc(-n2cccn2)cc1)C1CCCN1C(=O)c1ccoc1. The van der Waals surface area contributed by atoms with Crippen molar-refractivity contribution in [3.8, 4) is 5.69 Å². The van der Waals surface area contributed by atoms with Crippen molar-refractivity contribution in [3.05, 3.63) is 66.9 Å². The summed E-state index contributed by atoms with van der Waals surface area (Å²) in [6.07, 6.45) is 7.89. The molecule has 132 valence electrons. The molecule has 2 amide bonds. The molecule has 7 nitrogen and oxygen atoms in total. The van der Waals surface area contributed by atoms with Crippen LogP contribution in [0.4, 0.5) is 5.69 Å². The zero-order chi connectivity index (χ0) is 17.9. The third-order valence-electron chi connectivity index (χ3n) is 4.49. The molecule has 0 radical (unpaired) electrons. The van der Waals surface area contributed by atoms with Crippen molar-refractivity contribution in [2.45, 2.75) is 18.9 Å². The van der Waals surface area contributed by atoms with Gasteiger partial charge < -0.3 is 14.6 Å². The predicted octanol–water partition coefficient (Wildman–Crippen LogP) is 2.71. The third kappa shape index (κ3) is 3.11. The van der Waals surface area contributed by atoms with Gasteiger partial charge in [-0.15, -0.1) is 0 Å². The Morgan fingerprint density at radius 2 is 2.04 bits per heavy atom. The highest BCUT2D eigenvalue weighted by Gasteiger charge is 2.34. The predicted molar refractivity (Wildman–Crippen MR) is 95.0 cm³/mol. The van der Waals surface area contributed by atoms with Crippen LogP contribution in [-0.2, 0) is 4.79 Å². The molecule has 1 atom stereocenters. The Balaban J connectivity index is 1.44. The average molecular weight is 350 g/mol. The zero-order valence-corrected chi connectivity index (χ0v) is 14.0. The quantitative estimate of drug-likeness (QED) is 0.784. The normalized spacial score (nSPS) is 16.6. The molecule has 1 aromatic carbocycles. The molecule has 7 heteroatoms. The molecule has 1 aliphatic heterocycles. The number of carbonyl (C=O) groups excluding carboxylic acids is 2. The molecule has 2 aromatic heterocycles. The molecule has 1 fully saturated rings. The first-order valence-electron chi connectivity index (χ1n) is 8.46. The molecule has 0 bridgehead atoms. The summed E-state index contributed by atoms with van der Waals surface area (Å²) < 4.78 is 6.72. The van der Waals surface area contributed by atoms with E-state index in [0.29, 0.717) is 24.2 Å². The number of rotatable bonds is 4. The van der Waals surface area contributed by atoms with Gasteiger partial charge in [-0.25, -0.2) is 4.68 Å². The maximum atomic E-state index is 12.7. The molecule has 0 spiro atoms. The summed E-state index contributed by atoms with van der Waals surface area (Å²) in [5, 5.41) is 7.07. The van der Waals surface area contributed by atoms with Crippen molar-refractivity contribution >= 4 is 17.5 Å². The van der Waals surface area contributed by atoms with Crippen molar-refractivity contribution in [1.82, 2.24) is 14.7 Å². The van der Waals surface area contributed by atoms with E-state index in [-0.39, 0.29) is 11.8 Å². The van der Waals surface area contributed by atoms with Crippen molar-refractivity contribution in [3.63, 3.8) is 0 Å². The van der Waals surface area contributed by atoms with Crippen molar-refractivity contribution < 1.29 is 14.0 Å². The Morgan fingerprint density at radius 3 is 2.73 bits per heavy atom. The summed E-state index contributed by atoms with van der Waals surface area (Å²) in [4.78, 5) is 26.8. The van der Waals surface area contributed by atoms with Gasteiger partial charge in [0.2, 0.25) is 5.91 Å². The topological polar surface area (TPSA) is 80.4 Å². The molecule has 1 saturated heterocycles. The maximum Gasteiger partial charge on any atom is 0.257 e. The summed E-state index contributed by atoms with van der Waals surface area (Å²) in [6.45, 7) is 0.570. The molecule has 3 aromatic rings. The number of likely N-dealkylation sites (tertiary alicyclic amines) is 1. The van der Waals surface area contributed by atoms with Gasteiger partial charge in [-0.05, 0) is 49.2 Å². The van der Waals surface area contributed by atoms with Gasteiger partial charge in [-0.3, -0.25) is 9.59 Å². The number of carbonyl (C=O) groups is 2. The second-order valence-corrected chi connectivity index (χ2v) is 6.16. The van der Waals surface area contributed by atoms with Gasteiger partial charge >= 0.3 is 0 Å². The number of anilines is 1. The number of hydrogen-bond donors (Lipinski definition) is 1. The minimum absolute atomic E-state index is 0.175. The number of furan rings is 1. The van der Waals surface area contributed by atoms with Gasteiger partial charge in [-0.1, -0.05) is 0 Å². The minimum atomic E-state index is -0.469. The second-order valence-electron chi connectivity index (χ2n) is 6.16. The van der Waals surface area contributed by atoms with E-state index in [4.69, 9.17) is 4.42 Å². The van der Waals surface area contributed by atoms with E-state index < -0.39 is 6.04 Å². The van der Waals surface area contributed by atoms with Crippen molar-refractivity contribution in [2.75, 3.05) is 11.9 Å². The Hall–Kier alpha value is -3.35. The molecule has 1 aliphatic rings. The van der Waals surface area contributed by atoms with Gasteiger partial charge in [-0.2, -0.15) is 5.10 Å². The first kappa shape index (κ1) is 16.1. The molecular formula is C19H18N4O3. The van der Waals surface area contributed by atoms with E-state index >= 15 is 0 Å². The van der Waals surface area contributed by atoms with Gasteiger partial charge in [0.1, 0.15) is 12.3 Å². The van der Waals surface area contributed by atoms with E-state index in [1.165, 1.54) is 12.5 Å². The van der Waals surface area contributed by atoms with E-state index in [2.05, 4.69) is 10.4 Å². The van der Waals surface area contributed by atoms with Crippen LogP contribution in [-0.4, -0.2) is 39.1 Å². The standard InChI is InChI=1S/C19H18N4O3/c24-18(17-3-1-10-22(17)19(25)14-8-12-26-13-14)21-15-4-6-16(7-5-15)23-11-2-9-20-23/h2,4-9,11-13,17H,1,3,10H2,(H,21,24). The van der Waals surface area contributed by atoms with Gasteiger partial charge in [0, 0.05) is 24.6 Å². The van der Waals surface area contributed by atoms with Crippen LogP contribution in [0.1, 0.15) is 23.2 Å². The first-order chi connectivity index (χ1) is 12.7. The highest BCUT2D eigenvalue weighted by molar-refractivity contribution is 6.01. The average Bonchev–Trinajstić information content (AvgIpc) is 3.44. The van der Waals surface area contributed by atoms with Crippen LogP contribution in [0.3, 0.4) is 0 Å². The largest absolute Gasteiger partial charge is 0.472 e. The molecule has 26 heavy (non-hydrogen) atoms. The summed E-state index contributed by atoms with van der Waals surface area (Å²) >= 11 is 0. The second kappa shape index (κ2) is 6.87. The molecular weight excluding hydrogens is 332 g/mol. The number of hydrogen-bond acceptors (Lipinski definition) is 4. The maximum absolute atomic E-state index is 12.7. The van der Waals surface area contributed by atoms with Crippen LogP contribution < -0.4 is 5.32 Å². The molecule has 1 unspecified atom stereocenters. The molecule has 0 aliphatic carbocycles. The minimum Gasteiger partial charge on any atom is -0.472 e. The summed E-state index contributed by atoms with van der Waals surface area (Å²) in [6, 6.07) is 10.4. The summed E-state index contributed by atoms with van der Waals surface area (Å²) in [5.74, 6) is -0.350. The number of nitrogens with zero attached hydrogens (tertiary/aromatic N) is 3. The highest BCUT2D eigenvalue weighted by atomic mass is 16.3. The molecule has 1 N–H and O–H groups in total. The monoisotopic (exact) mass is 350 g/mol. The molecule has 3 heterocycles. The van der Waals surface area contributed by atoms with E-state index in [9.17, 15) is 9.59 Å². The third-order valence-corrected chi connectivity index (χ3v) is 4.49. The lowest BCUT2D eigenvalue weighted by molar-refractivity contribution is -0.119. The van der Waals surface area contributed by atoms with Crippen LogP contribution in [0.25, 0.3) is 5.69 Å². The number of amides is 2. The van der Waals surface area contributed by atoms with Gasteiger partial charge in [0.15, 0.2) is 0 Å². The van der Waals surface area contributed by atoms with E-state index in [1.807, 2.05) is 36.5 Å². The Kier molecular flexibility index (Phi) is 4.27. The van der Waals surface area contributed by atoms with Crippen molar-refractivity contribution in [2.24, 2.45) is 0 Å². The van der Waals surface area contributed by atoms with Crippen LogP contribution in [0.15, 0.2) is 65.7 Å². The Morgan fingerprint density at radius 1 is 1.19 bits per heavy atom. The van der Waals surface area contributed by atoms with Crippen LogP contribution >= 0.6 is 0 Å². The van der Waals surface area contributed by atoms with Gasteiger partial charge in [0.05, 0.1) is 17.5 Å². The lowest BCUT2D eigenvalue weighted by Crippen LogP contribution is -2.43. The van der Waals surface area contributed by atoms with Crippen LogP contribution in [0.5, 0.6) is 0 Å². The highest BCUT2D eigenvalue weighted by Crippen LogP contribution is 2.22. The fourth-order valence-electron chi connectivity index (χ4n) is 3.18. The number of nitrogens with one attached hydrogen (secondary N) is 1. The lowest BCUT2D eigenvalue weighted by atomic mass is 10.2. The molecule has 4 rings (SSSR count). The van der Waals surface area contributed by atoms with E-state index in [0.717, 1.165) is 12.1 Å². The number of benzene rings is 1. The molecule has 0 saturated carbocycles. The smallest absolute Gasteiger partial charge is 0.257 e. The summed E-state index contributed by atoms with van der Waals surface area (Å²) in [5.41, 5.74) is 2.06. The fourth-order valence-corrected chi connectivity index (χ4v) is 3.18. The lowest BCUT2D eigenvalue weighted by Gasteiger charge is -2.23.